The lowest BCUT2D eigenvalue weighted by molar-refractivity contribution is 0.267. The first-order valence-corrected chi connectivity index (χ1v) is 11.4. The lowest BCUT2D eigenvalue weighted by Crippen LogP contribution is -2.02. The Labute approximate surface area is 192 Å². The van der Waals surface area contributed by atoms with Crippen LogP contribution in [0.15, 0.2) is 71.8 Å². The van der Waals surface area contributed by atoms with E-state index in [0.717, 1.165) is 35.8 Å². The molecule has 0 unspecified atom stereocenters. The van der Waals surface area contributed by atoms with Crippen molar-refractivity contribution in [1.82, 2.24) is 4.98 Å². The molecule has 1 N–H and O–H groups in total. The number of hydrazone groups is 1. The van der Waals surface area contributed by atoms with Gasteiger partial charge in [0.05, 0.1) is 26.6 Å². The molecule has 0 fully saturated rings. The molecule has 3 aromatic carbocycles. The van der Waals surface area contributed by atoms with E-state index in [1.165, 1.54) is 0 Å². The van der Waals surface area contributed by atoms with Gasteiger partial charge in [-0.2, -0.15) is 5.10 Å². The molecular weight excluding hydrogens is 509 g/mol. The monoisotopic (exact) mass is 529 g/mol. The molecule has 0 saturated heterocycles. The number of aromatic nitrogens is 1. The number of hydrogen-bond donors (Lipinski definition) is 1. The van der Waals surface area contributed by atoms with Crippen LogP contribution in [-0.2, 0) is 6.61 Å². The van der Waals surface area contributed by atoms with Gasteiger partial charge in [-0.25, -0.2) is 4.98 Å². The summed E-state index contributed by atoms with van der Waals surface area (Å²) in [6.45, 7) is 3.01. The first-order valence-electron chi connectivity index (χ1n) is 9.50. The molecule has 0 saturated carbocycles. The van der Waals surface area contributed by atoms with Gasteiger partial charge in [-0.1, -0.05) is 53.8 Å². The van der Waals surface area contributed by atoms with Crippen molar-refractivity contribution in [3.63, 3.8) is 0 Å². The average Bonchev–Trinajstić information content (AvgIpc) is 3.17. The van der Waals surface area contributed by atoms with Crippen molar-refractivity contribution in [2.24, 2.45) is 5.10 Å². The van der Waals surface area contributed by atoms with Gasteiger partial charge in [0.1, 0.15) is 6.61 Å². The molecule has 1 heterocycles. The fraction of sp³-hybridized carbons (Fsp3) is 0.130. The summed E-state index contributed by atoms with van der Waals surface area (Å²) in [5.41, 5.74) is 6.02. The van der Waals surface area contributed by atoms with Crippen molar-refractivity contribution >= 4 is 55.5 Å². The number of hydrogen-bond acceptors (Lipinski definition) is 6. The molecule has 4 rings (SSSR count). The standard InChI is InChI=1S/C23H20IN3O2S/c1-2-28-20-13-17(12-18(24)22(20)29-15-16-8-4-3-5-9-16)14-25-27-23-26-19-10-6-7-11-21(19)30-23/h3-14H,2,15H2,1H3,(H,26,27)/b25-14+. The van der Waals surface area contributed by atoms with E-state index < -0.39 is 0 Å². The number of fused-ring (bicyclic) bond motifs is 1. The average molecular weight is 529 g/mol. The maximum absolute atomic E-state index is 6.07. The molecule has 30 heavy (non-hydrogen) atoms. The highest BCUT2D eigenvalue weighted by atomic mass is 127. The van der Waals surface area contributed by atoms with Crippen LogP contribution < -0.4 is 14.9 Å². The Morgan fingerprint density at radius 2 is 1.87 bits per heavy atom. The zero-order chi connectivity index (χ0) is 20.8. The number of para-hydroxylation sites is 1. The topological polar surface area (TPSA) is 55.7 Å². The predicted octanol–water partition coefficient (Wildman–Crippen LogP) is 6.32. The highest BCUT2D eigenvalue weighted by molar-refractivity contribution is 14.1. The van der Waals surface area contributed by atoms with Gasteiger partial charge in [-0.05, 0) is 64.9 Å². The lowest BCUT2D eigenvalue weighted by atomic mass is 10.2. The van der Waals surface area contributed by atoms with E-state index in [4.69, 9.17) is 9.47 Å². The van der Waals surface area contributed by atoms with Gasteiger partial charge in [0, 0.05) is 0 Å². The minimum Gasteiger partial charge on any atom is -0.490 e. The van der Waals surface area contributed by atoms with Gasteiger partial charge in [0.2, 0.25) is 5.13 Å². The van der Waals surface area contributed by atoms with Crippen LogP contribution >= 0.6 is 33.9 Å². The fourth-order valence-corrected chi connectivity index (χ4v) is 4.47. The molecule has 7 heteroatoms. The third kappa shape index (κ3) is 5.09. The first kappa shape index (κ1) is 20.6. The summed E-state index contributed by atoms with van der Waals surface area (Å²) in [5, 5.41) is 5.11. The molecule has 0 aliphatic rings. The molecule has 152 valence electrons. The van der Waals surface area contributed by atoms with Crippen molar-refractivity contribution in [2.75, 3.05) is 12.0 Å². The quantitative estimate of drug-likeness (QED) is 0.165. The second kappa shape index (κ2) is 9.90. The molecule has 4 aromatic rings. The van der Waals surface area contributed by atoms with Gasteiger partial charge in [0.15, 0.2) is 11.5 Å². The fourth-order valence-electron chi connectivity index (χ4n) is 2.88. The van der Waals surface area contributed by atoms with E-state index >= 15 is 0 Å². The molecular formula is C23H20IN3O2S. The van der Waals surface area contributed by atoms with E-state index in [0.29, 0.717) is 19.0 Å². The van der Waals surface area contributed by atoms with Gasteiger partial charge < -0.3 is 9.47 Å². The smallest absolute Gasteiger partial charge is 0.204 e. The van der Waals surface area contributed by atoms with Crippen molar-refractivity contribution in [1.29, 1.82) is 0 Å². The summed E-state index contributed by atoms with van der Waals surface area (Å²) in [7, 11) is 0. The SMILES string of the molecule is CCOc1cc(/C=N/Nc2nc3ccccc3s2)cc(I)c1OCc1ccccc1. The highest BCUT2D eigenvalue weighted by Crippen LogP contribution is 2.34. The van der Waals surface area contributed by atoms with E-state index in [1.807, 2.05) is 73.7 Å². The van der Waals surface area contributed by atoms with E-state index in [-0.39, 0.29) is 0 Å². The largest absolute Gasteiger partial charge is 0.490 e. The van der Waals surface area contributed by atoms with Crippen LogP contribution in [0.4, 0.5) is 5.13 Å². The first-order chi connectivity index (χ1) is 14.7. The Morgan fingerprint density at radius 1 is 1.07 bits per heavy atom. The Hall–Kier alpha value is -2.65. The van der Waals surface area contributed by atoms with E-state index in [2.05, 4.69) is 38.1 Å². The van der Waals surface area contributed by atoms with Gasteiger partial charge >= 0.3 is 0 Å². The van der Waals surface area contributed by atoms with Crippen LogP contribution in [0.5, 0.6) is 11.5 Å². The minimum absolute atomic E-state index is 0.490. The zero-order valence-electron chi connectivity index (χ0n) is 16.3. The molecule has 0 radical (unpaired) electrons. The maximum atomic E-state index is 6.07. The van der Waals surface area contributed by atoms with E-state index in [9.17, 15) is 0 Å². The summed E-state index contributed by atoms with van der Waals surface area (Å²) in [5.74, 6) is 1.46. The van der Waals surface area contributed by atoms with Crippen LogP contribution in [0.1, 0.15) is 18.1 Å². The van der Waals surface area contributed by atoms with Crippen molar-refractivity contribution in [3.05, 3.63) is 81.4 Å². The summed E-state index contributed by atoms with van der Waals surface area (Å²) in [6, 6.07) is 22.1. The Morgan fingerprint density at radius 3 is 2.67 bits per heavy atom. The van der Waals surface area contributed by atoms with Crippen LogP contribution in [0.25, 0.3) is 10.2 Å². The molecule has 0 amide bonds. The van der Waals surface area contributed by atoms with Crippen LogP contribution in [0.3, 0.4) is 0 Å². The number of benzene rings is 3. The van der Waals surface area contributed by atoms with Gasteiger partial charge in [0.25, 0.3) is 0 Å². The summed E-state index contributed by atoms with van der Waals surface area (Å²) >= 11 is 3.84. The number of anilines is 1. The Balaban J connectivity index is 1.49. The molecule has 0 bridgehead atoms. The molecule has 0 aliphatic carbocycles. The number of nitrogens with one attached hydrogen (secondary N) is 1. The second-order valence-corrected chi connectivity index (χ2v) is 8.59. The Kier molecular flexibility index (Phi) is 6.81. The van der Waals surface area contributed by atoms with Crippen molar-refractivity contribution < 1.29 is 9.47 Å². The minimum atomic E-state index is 0.490. The Bertz CT molecular complexity index is 1130. The van der Waals surface area contributed by atoms with Gasteiger partial charge in [-0.15, -0.1) is 0 Å². The van der Waals surface area contributed by atoms with Crippen LogP contribution in [0.2, 0.25) is 0 Å². The normalized spacial score (nSPS) is 11.1. The molecule has 5 nitrogen and oxygen atoms in total. The van der Waals surface area contributed by atoms with Gasteiger partial charge in [-0.3, -0.25) is 5.43 Å². The number of nitrogens with zero attached hydrogens (tertiary/aromatic N) is 2. The molecule has 0 aliphatic heterocycles. The predicted molar refractivity (Wildman–Crippen MR) is 132 cm³/mol. The second-order valence-electron chi connectivity index (χ2n) is 6.39. The number of ether oxygens (including phenoxy) is 2. The third-order valence-corrected chi connectivity index (χ3v) is 5.97. The lowest BCUT2D eigenvalue weighted by Gasteiger charge is -2.14. The molecule has 1 aromatic heterocycles. The summed E-state index contributed by atoms with van der Waals surface area (Å²) < 4.78 is 14.0. The van der Waals surface area contributed by atoms with Crippen LogP contribution in [-0.4, -0.2) is 17.8 Å². The maximum Gasteiger partial charge on any atom is 0.204 e. The number of rotatable bonds is 8. The molecule has 0 spiro atoms. The van der Waals surface area contributed by atoms with E-state index in [1.54, 1.807) is 17.6 Å². The summed E-state index contributed by atoms with van der Waals surface area (Å²) in [6.07, 6.45) is 1.76. The highest BCUT2D eigenvalue weighted by Gasteiger charge is 2.12. The van der Waals surface area contributed by atoms with Crippen molar-refractivity contribution in [2.45, 2.75) is 13.5 Å². The van der Waals surface area contributed by atoms with Crippen LogP contribution in [0, 0.1) is 3.57 Å². The third-order valence-electron chi connectivity index (χ3n) is 4.23. The number of thiazole rings is 1. The summed E-state index contributed by atoms with van der Waals surface area (Å²) in [4.78, 5) is 4.52. The van der Waals surface area contributed by atoms with Crippen molar-refractivity contribution in [3.8, 4) is 11.5 Å². The number of halogens is 1. The molecule has 0 atom stereocenters. The zero-order valence-corrected chi connectivity index (χ0v) is 19.3.